The van der Waals surface area contributed by atoms with Crippen molar-refractivity contribution in [1.29, 1.82) is 0 Å². The topological polar surface area (TPSA) is 89.5 Å². The van der Waals surface area contributed by atoms with Crippen molar-refractivity contribution >= 4 is 49.4 Å². The lowest BCUT2D eigenvalue weighted by Crippen LogP contribution is -2.31. The Morgan fingerprint density at radius 3 is 1.47 bits per heavy atom. The van der Waals surface area contributed by atoms with Crippen LogP contribution in [-0.4, -0.2) is 63.8 Å². The zero-order valence-electron chi connectivity index (χ0n) is 31.8. The molecular weight excluding hydrogens is 712 g/mol. The molecule has 0 saturated carbocycles. The molecule has 0 radical (unpaired) electrons. The Labute approximate surface area is 314 Å². The summed E-state index contributed by atoms with van der Waals surface area (Å²) < 4.78 is 37.9. The average molecular weight is 774 g/mol. The van der Waals surface area contributed by atoms with E-state index < -0.39 is 12.2 Å². The van der Waals surface area contributed by atoms with Gasteiger partial charge in [0.05, 0.1) is 13.2 Å². The van der Waals surface area contributed by atoms with Gasteiger partial charge in [-0.2, -0.15) is 0 Å². The molecule has 0 aromatic heterocycles. The van der Waals surface area contributed by atoms with E-state index in [9.17, 15) is 9.59 Å². The van der Waals surface area contributed by atoms with E-state index in [1.54, 1.807) is 13.8 Å². The summed E-state index contributed by atoms with van der Waals surface area (Å²) in [6, 6.07) is 13.9. The first-order valence-corrected chi connectivity index (χ1v) is 20.0. The second kappa shape index (κ2) is 23.6. The number of esters is 2. The van der Waals surface area contributed by atoms with E-state index in [0.29, 0.717) is 36.5 Å². The normalized spacial score (nSPS) is 13.9. The molecule has 4 unspecified atom stereocenters. The predicted octanol–water partition coefficient (Wildman–Crippen LogP) is 10.6. The second-order valence-corrected chi connectivity index (χ2v) is 14.3. The predicted molar refractivity (Wildman–Crippen MR) is 209 cm³/mol. The molecule has 0 bridgehead atoms. The Bertz CT molecular complexity index is 1480. The van der Waals surface area contributed by atoms with Crippen LogP contribution in [0, 0.1) is 11.8 Å². The van der Waals surface area contributed by atoms with Gasteiger partial charge in [0.1, 0.15) is 24.7 Å². The molecule has 284 valence electrons. The van der Waals surface area contributed by atoms with E-state index in [0.717, 1.165) is 64.5 Å². The van der Waals surface area contributed by atoms with Gasteiger partial charge in [0.15, 0.2) is 12.2 Å². The van der Waals surface area contributed by atoms with Gasteiger partial charge in [-0.3, -0.25) is 9.59 Å². The molecule has 0 fully saturated rings. The fourth-order valence-electron chi connectivity index (χ4n) is 6.03. The maximum absolute atomic E-state index is 12.4. The third-order valence-corrected chi connectivity index (χ3v) is 9.78. The Kier molecular flexibility index (Phi) is 19.7. The SMILES string of the molecule is CCCCC(CC)COCC(COc1c2ccccc2c(OCC(COCC(CC)CCCC)OC(=O)CC)c2cc(Br)ccc12)OC(=O)CC. The summed E-state index contributed by atoms with van der Waals surface area (Å²) in [6.07, 6.45) is 8.40. The molecule has 3 aromatic rings. The van der Waals surface area contributed by atoms with E-state index in [1.807, 2.05) is 42.5 Å². The number of carbonyl (C=O) groups is 2. The van der Waals surface area contributed by atoms with Gasteiger partial charge in [0.25, 0.3) is 0 Å². The lowest BCUT2D eigenvalue weighted by molar-refractivity contribution is -0.154. The van der Waals surface area contributed by atoms with Gasteiger partial charge >= 0.3 is 11.9 Å². The second-order valence-electron chi connectivity index (χ2n) is 13.4. The molecule has 0 saturated heterocycles. The first-order chi connectivity index (χ1) is 24.8. The molecule has 0 aliphatic rings. The Morgan fingerprint density at radius 1 is 0.588 bits per heavy atom. The minimum absolute atomic E-state index is 0.132. The van der Waals surface area contributed by atoms with Crippen LogP contribution in [0.4, 0.5) is 0 Å². The van der Waals surface area contributed by atoms with Gasteiger partial charge in [-0.1, -0.05) is 120 Å². The minimum Gasteiger partial charge on any atom is -0.488 e. The van der Waals surface area contributed by atoms with E-state index >= 15 is 0 Å². The first-order valence-electron chi connectivity index (χ1n) is 19.2. The molecule has 0 aliphatic carbocycles. The summed E-state index contributed by atoms with van der Waals surface area (Å²) in [5, 5.41) is 3.39. The summed E-state index contributed by atoms with van der Waals surface area (Å²) in [5.41, 5.74) is 0. The first kappa shape index (κ1) is 42.5. The van der Waals surface area contributed by atoms with Gasteiger partial charge in [-0.05, 0) is 42.9 Å². The molecule has 0 spiro atoms. The van der Waals surface area contributed by atoms with Gasteiger partial charge in [0, 0.05) is 52.1 Å². The van der Waals surface area contributed by atoms with Gasteiger partial charge in [0.2, 0.25) is 0 Å². The molecule has 0 N–H and O–H groups in total. The van der Waals surface area contributed by atoms with Crippen LogP contribution in [0.3, 0.4) is 0 Å². The fraction of sp³-hybridized carbons (Fsp3) is 0.619. The number of halogens is 1. The molecule has 8 nitrogen and oxygen atoms in total. The van der Waals surface area contributed by atoms with Crippen molar-refractivity contribution in [1.82, 2.24) is 0 Å². The highest BCUT2D eigenvalue weighted by molar-refractivity contribution is 9.10. The number of rotatable bonds is 26. The lowest BCUT2D eigenvalue weighted by Gasteiger charge is -2.24. The maximum atomic E-state index is 12.4. The largest absolute Gasteiger partial charge is 0.488 e. The Balaban J connectivity index is 1.88. The average Bonchev–Trinajstić information content (AvgIpc) is 3.14. The molecule has 51 heavy (non-hydrogen) atoms. The van der Waals surface area contributed by atoms with Crippen molar-refractivity contribution < 1.29 is 38.0 Å². The van der Waals surface area contributed by atoms with Crippen LogP contribution < -0.4 is 9.47 Å². The summed E-state index contributed by atoms with van der Waals surface area (Å²) in [4.78, 5) is 24.8. The quantitative estimate of drug-likeness (QED) is 0.0588. The van der Waals surface area contributed by atoms with Crippen molar-refractivity contribution in [2.75, 3.05) is 39.6 Å². The molecule has 3 aromatic carbocycles. The molecular formula is C42H61BrO8. The van der Waals surface area contributed by atoms with E-state index in [2.05, 4.69) is 43.6 Å². The van der Waals surface area contributed by atoms with Crippen molar-refractivity contribution in [3.8, 4) is 11.5 Å². The fourth-order valence-corrected chi connectivity index (χ4v) is 6.40. The van der Waals surface area contributed by atoms with Gasteiger partial charge in [-0.15, -0.1) is 0 Å². The van der Waals surface area contributed by atoms with Gasteiger partial charge in [-0.25, -0.2) is 0 Å². The summed E-state index contributed by atoms with van der Waals surface area (Å²) >= 11 is 3.65. The Hall–Kier alpha value is -2.88. The molecule has 0 heterocycles. The zero-order valence-corrected chi connectivity index (χ0v) is 33.4. The highest BCUT2D eigenvalue weighted by atomic mass is 79.9. The smallest absolute Gasteiger partial charge is 0.305 e. The van der Waals surface area contributed by atoms with E-state index in [-0.39, 0.29) is 51.2 Å². The number of fused-ring (bicyclic) bond motifs is 2. The number of hydrogen-bond donors (Lipinski definition) is 0. The number of benzene rings is 3. The molecule has 0 aliphatic heterocycles. The van der Waals surface area contributed by atoms with Crippen molar-refractivity contribution in [3.05, 3.63) is 46.9 Å². The highest BCUT2D eigenvalue weighted by Gasteiger charge is 2.23. The van der Waals surface area contributed by atoms with E-state index in [1.165, 1.54) is 12.8 Å². The lowest BCUT2D eigenvalue weighted by atomic mass is 10.0. The molecule has 0 amide bonds. The zero-order chi connectivity index (χ0) is 37.0. The van der Waals surface area contributed by atoms with Crippen LogP contribution in [-0.2, 0) is 28.5 Å². The molecule has 3 rings (SSSR count). The van der Waals surface area contributed by atoms with Crippen molar-refractivity contribution in [2.45, 2.75) is 118 Å². The summed E-state index contributed by atoms with van der Waals surface area (Å²) in [6.45, 7) is 14.4. The van der Waals surface area contributed by atoms with Crippen LogP contribution >= 0.6 is 15.9 Å². The number of ether oxygens (including phenoxy) is 6. The maximum Gasteiger partial charge on any atom is 0.305 e. The summed E-state index contributed by atoms with van der Waals surface area (Å²) in [7, 11) is 0. The molecule has 4 atom stereocenters. The van der Waals surface area contributed by atoms with Crippen molar-refractivity contribution in [2.24, 2.45) is 11.8 Å². The molecule has 9 heteroatoms. The minimum atomic E-state index is -0.568. The monoisotopic (exact) mass is 772 g/mol. The van der Waals surface area contributed by atoms with Crippen LogP contribution in [0.25, 0.3) is 21.5 Å². The Morgan fingerprint density at radius 2 is 1.04 bits per heavy atom. The van der Waals surface area contributed by atoms with E-state index in [4.69, 9.17) is 28.4 Å². The third kappa shape index (κ3) is 13.9. The standard InChI is InChI=1S/C42H61BrO8/c1-7-13-17-30(9-3)24-46-26-33(50-39(44)11-5)28-48-41-35-19-15-16-20-36(35)42(38-23-32(43)21-22-37(38)41)49-29-34(51-40(45)12-6)27-47-25-31(10-4)18-14-8-2/h15-16,19-23,30-31,33-34H,7-14,17-18,24-29H2,1-6H3. The van der Waals surface area contributed by atoms with Crippen LogP contribution in [0.5, 0.6) is 11.5 Å². The van der Waals surface area contributed by atoms with Crippen molar-refractivity contribution in [3.63, 3.8) is 0 Å². The van der Waals surface area contributed by atoms with Gasteiger partial charge < -0.3 is 28.4 Å². The highest BCUT2D eigenvalue weighted by Crippen LogP contribution is 2.44. The van der Waals surface area contributed by atoms with Crippen LogP contribution in [0.15, 0.2) is 46.9 Å². The number of carbonyl (C=O) groups excluding carboxylic acids is 2. The third-order valence-electron chi connectivity index (χ3n) is 9.29. The summed E-state index contributed by atoms with van der Waals surface area (Å²) in [5.74, 6) is 1.70. The number of unbranched alkanes of at least 4 members (excludes halogenated alkanes) is 2. The number of hydrogen-bond acceptors (Lipinski definition) is 8. The van der Waals surface area contributed by atoms with Crippen LogP contribution in [0.2, 0.25) is 0 Å². The van der Waals surface area contributed by atoms with Crippen LogP contribution in [0.1, 0.15) is 106 Å².